The first-order valence-corrected chi connectivity index (χ1v) is 8.57. The van der Waals surface area contributed by atoms with Gasteiger partial charge < -0.3 is 14.8 Å². The summed E-state index contributed by atoms with van der Waals surface area (Å²) in [5.74, 6) is 0. The van der Waals surface area contributed by atoms with Crippen LogP contribution in [0.5, 0.6) is 0 Å². The lowest BCUT2D eigenvalue weighted by atomic mass is 10.0. The third-order valence-corrected chi connectivity index (χ3v) is 5.52. The number of likely N-dealkylation sites (N-methyl/N-ethyl adjacent to an activating group) is 1. The van der Waals surface area contributed by atoms with Gasteiger partial charge in [0.15, 0.2) is 0 Å². The number of ether oxygens (including phenoxy) is 2. The molecule has 20 heavy (non-hydrogen) atoms. The fourth-order valence-corrected chi connectivity index (χ4v) is 4.30. The SMILES string of the molecule is CCNC(c1csc2c(Br)cccc12)C1COCCO1. The van der Waals surface area contributed by atoms with E-state index >= 15 is 0 Å². The van der Waals surface area contributed by atoms with Crippen molar-refractivity contribution in [2.45, 2.75) is 19.1 Å². The molecule has 2 atom stereocenters. The third-order valence-electron chi connectivity index (χ3n) is 3.55. The number of halogens is 1. The van der Waals surface area contributed by atoms with Gasteiger partial charge in [0.05, 0.1) is 25.9 Å². The second-order valence-corrected chi connectivity index (χ2v) is 6.56. The monoisotopic (exact) mass is 355 g/mol. The molecule has 0 bridgehead atoms. The van der Waals surface area contributed by atoms with E-state index in [0.29, 0.717) is 19.8 Å². The van der Waals surface area contributed by atoms with Gasteiger partial charge in [-0.3, -0.25) is 0 Å². The highest BCUT2D eigenvalue weighted by Gasteiger charge is 2.28. The Morgan fingerprint density at radius 3 is 3.10 bits per heavy atom. The van der Waals surface area contributed by atoms with Gasteiger partial charge in [0.1, 0.15) is 6.10 Å². The summed E-state index contributed by atoms with van der Waals surface area (Å²) in [6.45, 7) is 5.07. The van der Waals surface area contributed by atoms with Gasteiger partial charge >= 0.3 is 0 Å². The quantitative estimate of drug-likeness (QED) is 0.906. The Morgan fingerprint density at radius 1 is 1.45 bits per heavy atom. The Labute approximate surface area is 131 Å². The van der Waals surface area contributed by atoms with Crippen LogP contribution in [0.25, 0.3) is 10.1 Å². The van der Waals surface area contributed by atoms with Crippen molar-refractivity contribution in [1.82, 2.24) is 5.32 Å². The van der Waals surface area contributed by atoms with Crippen molar-refractivity contribution < 1.29 is 9.47 Å². The average Bonchev–Trinajstić information content (AvgIpc) is 2.91. The van der Waals surface area contributed by atoms with Crippen LogP contribution in [0.3, 0.4) is 0 Å². The zero-order chi connectivity index (χ0) is 13.9. The molecule has 1 fully saturated rings. The molecule has 2 unspecified atom stereocenters. The Kier molecular flexibility index (Phi) is 4.73. The molecule has 3 nitrogen and oxygen atoms in total. The molecule has 1 aliphatic rings. The van der Waals surface area contributed by atoms with Crippen molar-refractivity contribution in [2.75, 3.05) is 26.4 Å². The molecular formula is C15H18BrNO2S. The maximum atomic E-state index is 5.90. The van der Waals surface area contributed by atoms with Gasteiger partial charge in [-0.1, -0.05) is 19.1 Å². The molecule has 1 aromatic carbocycles. The van der Waals surface area contributed by atoms with E-state index in [1.54, 1.807) is 11.3 Å². The normalized spacial score (nSPS) is 21.2. The molecule has 1 aromatic heterocycles. The lowest BCUT2D eigenvalue weighted by Gasteiger charge is -2.31. The minimum atomic E-state index is 0.0838. The van der Waals surface area contributed by atoms with Crippen molar-refractivity contribution >= 4 is 37.4 Å². The minimum Gasteiger partial charge on any atom is -0.376 e. The van der Waals surface area contributed by atoms with Crippen molar-refractivity contribution in [3.8, 4) is 0 Å². The molecule has 1 aliphatic heterocycles. The molecule has 0 spiro atoms. The van der Waals surface area contributed by atoms with Crippen LogP contribution < -0.4 is 5.32 Å². The maximum Gasteiger partial charge on any atom is 0.100 e. The van der Waals surface area contributed by atoms with Crippen LogP contribution in [-0.2, 0) is 9.47 Å². The van der Waals surface area contributed by atoms with Crippen molar-refractivity contribution in [2.24, 2.45) is 0 Å². The number of thiophene rings is 1. The van der Waals surface area contributed by atoms with Crippen molar-refractivity contribution in [3.05, 3.63) is 33.6 Å². The molecule has 0 radical (unpaired) electrons. The molecular weight excluding hydrogens is 338 g/mol. The first-order chi connectivity index (χ1) is 9.81. The van der Waals surface area contributed by atoms with Gasteiger partial charge in [0.2, 0.25) is 0 Å². The molecule has 108 valence electrons. The molecule has 1 N–H and O–H groups in total. The standard InChI is InChI=1S/C15H18BrNO2S/c1-2-17-14(13-8-18-6-7-19-13)11-9-20-15-10(11)4-3-5-12(15)16/h3-5,9,13-14,17H,2,6-8H2,1H3. The summed E-state index contributed by atoms with van der Waals surface area (Å²) < 4.78 is 13.9. The van der Waals surface area contributed by atoms with E-state index in [9.17, 15) is 0 Å². The van der Waals surface area contributed by atoms with E-state index in [1.165, 1.54) is 15.6 Å². The van der Waals surface area contributed by atoms with Crippen LogP contribution >= 0.6 is 27.3 Å². The van der Waals surface area contributed by atoms with E-state index in [4.69, 9.17) is 9.47 Å². The lowest BCUT2D eigenvalue weighted by Crippen LogP contribution is -2.40. The summed E-state index contributed by atoms with van der Waals surface area (Å²) >= 11 is 5.40. The number of hydrogen-bond donors (Lipinski definition) is 1. The van der Waals surface area contributed by atoms with E-state index < -0.39 is 0 Å². The fourth-order valence-electron chi connectivity index (χ4n) is 2.64. The summed E-state index contributed by atoms with van der Waals surface area (Å²) in [4.78, 5) is 0. The van der Waals surface area contributed by atoms with Crippen molar-refractivity contribution in [1.29, 1.82) is 0 Å². The van der Waals surface area contributed by atoms with Crippen LogP contribution in [0.15, 0.2) is 28.1 Å². The predicted octanol–water partition coefficient (Wildman–Crippen LogP) is 3.73. The molecule has 0 aliphatic carbocycles. The number of nitrogens with one attached hydrogen (secondary N) is 1. The van der Waals surface area contributed by atoms with E-state index in [2.05, 4.69) is 51.7 Å². The van der Waals surface area contributed by atoms with Crippen LogP contribution in [-0.4, -0.2) is 32.5 Å². The van der Waals surface area contributed by atoms with Crippen LogP contribution in [0, 0.1) is 0 Å². The van der Waals surface area contributed by atoms with E-state index in [0.717, 1.165) is 11.0 Å². The minimum absolute atomic E-state index is 0.0838. The highest BCUT2D eigenvalue weighted by Crippen LogP contribution is 2.36. The summed E-state index contributed by atoms with van der Waals surface area (Å²) in [7, 11) is 0. The molecule has 0 saturated carbocycles. The number of fused-ring (bicyclic) bond motifs is 1. The Bertz CT molecular complexity index is 580. The van der Waals surface area contributed by atoms with Gasteiger partial charge in [-0.05, 0) is 44.9 Å². The fraction of sp³-hybridized carbons (Fsp3) is 0.467. The zero-order valence-electron chi connectivity index (χ0n) is 11.4. The number of hydrogen-bond acceptors (Lipinski definition) is 4. The Balaban J connectivity index is 1.98. The zero-order valence-corrected chi connectivity index (χ0v) is 13.8. The van der Waals surface area contributed by atoms with Crippen molar-refractivity contribution in [3.63, 3.8) is 0 Å². The molecule has 5 heteroatoms. The summed E-state index contributed by atoms with van der Waals surface area (Å²) in [6.07, 6.45) is 0.0838. The molecule has 0 amide bonds. The smallest absolute Gasteiger partial charge is 0.100 e. The number of rotatable bonds is 4. The molecule has 3 rings (SSSR count). The third kappa shape index (κ3) is 2.78. The molecule has 2 heterocycles. The average molecular weight is 356 g/mol. The van der Waals surface area contributed by atoms with Gasteiger partial charge in [0, 0.05) is 9.17 Å². The van der Waals surface area contributed by atoms with Gasteiger partial charge in [-0.2, -0.15) is 0 Å². The second-order valence-electron chi connectivity index (χ2n) is 4.83. The van der Waals surface area contributed by atoms with Gasteiger partial charge in [0.25, 0.3) is 0 Å². The van der Waals surface area contributed by atoms with Gasteiger partial charge in [-0.25, -0.2) is 0 Å². The molecule has 2 aromatic rings. The summed E-state index contributed by atoms with van der Waals surface area (Å²) in [5.41, 5.74) is 1.31. The predicted molar refractivity (Wildman–Crippen MR) is 86.5 cm³/mol. The first kappa shape index (κ1) is 14.5. The highest BCUT2D eigenvalue weighted by atomic mass is 79.9. The Morgan fingerprint density at radius 2 is 2.35 bits per heavy atom. The van der Waals surface area contributed by atoms with Crippen LogP contribution in [0.4, 0.5) is 0 Å². The maximum absolute atomic E-state index is 5.90. The van der Waals surface area contributed by atoms with E-state index in [1.807, 2.05) is 0 Å². The first-order valence-electron chi connectivity index (χ1n) is 6.89. The van der Waals surface area contributed by atoms with Crippen LogP contribution in [0.2, 0.25) is 0 Å². The summed E-state index contributed by atoms with van der Waals surface area (Å²) in [5, 5.41) is 7.09. The Hall–Kier alpha value is -0.460. The largest absolute Gasteiger partial charge is 0.376 e. The topological polar surface area (TPSA) is 30.5 Å². The number of benzene rings is 1. The lowest BCUT2D eigenvalue weighted by molar-refractivity contribution is -0.102. The van der Waals surface area contributed by atoms with Gasteiger partial charge in [-0.15, -0.1) is 11.3 Å². The molecule has 1 saturated heterocycles. The van der Waals surface area contributed by atoms with Crippen LogP contribution in [0.1, 0.15) is 18.5 Å². The van der Waals surface area contributed by atoms with E-state index in [-0.39, 0.29) is 12.1 Å². The highest BCUT2D eigenvalue weighted by molar-refractivity contribution is 9.10. The summed E-state index contributed by atoms with van der Waals surface area (Å²) in [6, 6.07) is 6.54. The second kappa shape index (κ2) is 6.54.